The van der Waals surface area contributed by atoms with Crippen LogP contribution >= 0.6 is 0 Å². The monoisotopic (exact) mass is 179 g/mol. The topological polar surface area (TPSA) is 57.6 Å². The Bertz CT molecular complexity index is 212. The number of rotatable bonds is 3. The smallest absolute Gasteiger partial charge is 0.214 e. The van der Waals surface area contributed by atoms with Crippen LogP contribution in [0.5, 0.6) is 0 Å². The molecule has 0 spiro atoms. The van der Waals surface area contributed by atoms with Crippen molar-refractivity contribution in [3.05, 3.63) is 0 Å². The van der Waals surface area contributed by atoms with Crippen LogP contribution in [-0.4, -0.2) is 43.3 Å². The molecule has 1 saturated heterocycles. The molecule has 5 heteroatoms. The number of sulfonamides is 1. The number of aliphatic hydroxyl groups excluding tert-OH is 1. The average Bonchev–Trinajstić information content (AvgIpc) is 2.25. The summed E-state index contributed by atoms with van der Waals surface area (Å²) in [5.41, 5.74) is 0. The van der Waals surface area contributed by atoms with Gasteiger partial charge in [0, 0.05) is 19.7 Å². The molecule has 1 N–H and O–H groups in total. The first-order valence-corrected chi connectivity index (χ1v) is 5.36. The molecule has 0 aromatic carbocycles. The second-order valence-corrected chi connectivity index (χ2v) is 4.73. The van der Waals surface area contributed by atoms with Crippen molar-refractivity contribution in [3.8, 4) is 0 Å². The largest absolute Gasteiger partial charge is 0.396 e. The summed E-state index contributed by atoms with van der Waals surface area (Å²) in [6.45, 7) is 1.16. The van der Waals surface area contributed by atoms with Crippen LogP contribution in [0.1, 0.15) is 12.8 Å². The molecule has 0 saturated carbocycles. The fourth-order valence-corrected chi connectivity index (χ4v) is 2.76. The van der Waals surface area contributed by atoms with Crippen molar-refractivity contribution in [3.63, 3.8) is 0 Å². The lowest BCUT2D eigenvalue weighted by atomic mass is 10.4. The zero-order valence-electron chi connectivity index (χ0n) is 6.36. The lowest BCUT2D eigenvalue weighted by molar-refractivity contribution is 0.272. The van der Waals surface area contributed by atoms with E-state index in [1.54, 1.807) is 0 Å². The Balaban J connectivity index is 2.45. The van der Waals surface area contributed by atoms with Crippen molar-refractivity contribution < 1.29 is 13.5 Å². The van der Waals surface area contributed by atoms with Crippen molar-refractivity contribution in [2.45, 2.75) is 12.8 Å². The maximum atomic E-state index is 11.1. The lowest BCUT2D eigenvalue weighted by Crippen LogP contribution is -2.27. The van der Waals surface area contributed by atoms with Crippen LogP contribution < -0.4 is 0 Å². The highest BCUT2D eigenvalue weighted by molar-refractivity contribution is 7.89. The summed E-state index contributed by atoms with van der Waals surface area (Å²) in [5.74, 6) is 0.276. The molecule has 4 nitrogen and oxygen atoms in total. The predicted molar refractivity (Wildman–Crippen MR) is 41.7 cm³/mol. The number of nitrogens with zero attached hydrogens (tertiary/aromatic N) is 1. The Hall–Kier alpha value is -0.130. The molecular formula is C6H13NO3S. The zero-order chi connectivity index (χ0) is 8.32. The molecule has 0 aromatic rings. The quantitative estimate of drug-likeness (QED) is 0.629. The third kappa shape index (κ3) is 2.15. The van der Waals surface area contributed by atoms with Crippen molar-refractivity contribution in [2.75, 3.05) is 25.4 Å². The summed E-state index contributed by atoms with van der Waals surface area (Å²) >= 11 is 0. The average molecular weight is 179 g/mol. The predicted octanol–water partition coefficient (Wildman–Crippen LogP) is -0.596. The molecule has 1 heterocycles. The summed E-state index contributed by atoms with van der Waals surface area (Å²) in [6, 6.07) is 0. The van der Waals surface area contributed by atoms with Gasteiger partial charge in [-0.05, 0) is 12.8 Å². The van der Waals surface area contributed by atoms with Crippen LogP contribution in [0.15, 0.2) is 0 Å². The molecular weight excluding hydrogens is 166 g/mol. The molecule has 0 atom stereocenters. The van der Waals surface area contributed by atoms with Crippen LogP contribution in [0.2, 0.25) is 0 Å². The molecule has 66 valence electrons. The van der Waals surface area contributed by atoms with Gasteiger partial charge in [-0.3, -0.25) is 0 Å². The van der Waals surface area contributed by atoms with Gasteiger partial charge >= 0.3 is 0 Å². The van der Waals surface area contributed by atoms with Crippen molar-refractivity contribution in [1.29, 1.82) is 0 Å². The first kappa shape index (κ1) is 8.96. The van der Waals surface area contributed by atoms with Gasteiger partial charge in [0.15, 0.2) is 0 Å². The minimum atomic E-state index is -2.94. The minimum Gasteiger partial charge on any atom is -0.396 e. The first-order chi connectivity index (χ1) is 5.17. The van der Waals surface area contributed by atoms with Crippen LogP contribution in [0.4, 0.5) is 0 Å². The van der Waals surface area contributed by atoms with Crippen LogP contribution in [-0.2, 0) is 10.0 Å². The molecule has 0 amide bonds. The molecule has 1 fully saturated rings. The van der Waals surface area contributed by atoms with E-state index >= 15 is 0 Å². The van der Waals surface area contributed by atoms with Crippen molar-refractivity contribution >= 4 is 10.0 Å². The normalized spacial score (nSPS) is 24.1. The molecule has 0 unspecified atom stereocenters. The van der Waals surface area contributed by atoms with Gasteiger partial charge in [0.25, 0.3) is 0 Å². The molecule has 0 aliphatic carbocycles. The highest BCUT2D eigenvalue weighted by atomic mass is 32.2. The van der Waals surface area contributed by atoms with Gasteiger partial charge in [-0.25, -0.2) is 12.7 Å². The molecule has 1 aliphatic heterocycles. The van der Waals surface area contributed by atoms with E-state index in [1.807, 2.05) is 0 Å². The third-order valence-corrected chi connectivity index (χ3v) is 3.73. The van der Waals surface area contributed by atoms with E-state index in [1.165, 1.54) is 4.31 Å². The Morgan fingerprint density at radius 1 is 1.45 bits per heavy atom. The fraction of sp³-hybridized carbons (Fsp3) is 1.00. The summed E-state index contributed by atoms with van der Waals surface area (Å²) in [5, 5.41) is 8.48. The molecule has 1 aliphatic rings. The first-order valence-electron chi connectivity index (χ1n) is 3.75. The Morgan fingerprint density at radius 2 is 2.18 bits per heavy atom. The van der Waals surface area contributed by atoms with Gasteiger partial charge in [0.1, 0.15) is 0 Å². The van der Waals surface area contributed by atoms with Gasteiger partial charge < -0.3 is 5.11 Å². The van der Waals surface area contributed by atoms with E-state index in [-0.39, 0.29) is 12.4 Å². The Morgan fingerprint density at radius 3 is 2.64 bits per heavy atom. The highest BCUT2D eigenvalue weighted by Gasteiger charge is 2.26. The van der Waals surface area contributed by atoms with E-state index in [4.69, 9.17) is 5.11 Å². The van der Waals surface area contributed by atoms with Crippen LogP contribution in [0.3, 0.4) is 0 Å². The van der Waals surface area contributed by atoms with Gasteiger partial charge in [0.05, 0.1) is 5.75 Å². The summed E-state index contributed by atoms with van der Waals surface area (Å²) in [6.07, 6.45) is 1.27. The van der Waals surface area contributed by atoms with Crippen molar-refractivity contribution in [1.82, 2.24) is 4.31 Å². The van der Waals surface area contributed by atoms with Gasteiger partial charge in [-0.2, -0.15) is 0 Å². The van der Waals surface area contributed by atoms with Gasteiger partial charge in [-0.15, -0.1) is 0 Å². The van der Waals surface area contributed by atoms with Crippen molar-refractivity contribution in [2.24, 2.45) is 0 Å². The van der Waals surface area contributed by atoms with Gasteiger partial charge in [-0.1, -0.05) is 0 Å². The SMILES string of the molecule is O=S1(=O)CCCN1CCCO. The van der Waals surface area contributed by atoms with E-state index in [9.17, 15) is 8.42 Å². The maximum Gasteiger partial charge on any atom is 0.214 e. The lowest BCUT2D eigenvalue weighted by Gasteiger charge is -2.12. The fourth-order valence-electron chi connectivity index (χ4n) is 1.19. The van der Waals surface area contributed by atoms with E-state index in [0.717, 1.165) is 6.42 Å². The molecule has 1 rings (SSSR count). The molecule has 0 bridgehead atoms. The summed E-state index contributed by atoms with van der Waals surface area (Å²) in [7, 11) is -2.94. The third-order valence-electron chi connectivity index (χ3n) is 1.77. The zero-order valence-corrected chi connectivity index (χ0v) is 7.18. The Labute approximate surface area is 66.9 Å². The van der Waals surface area contributed by atoms with E-state index in [0.29, 0.717) is 19.5 Å². The molecule has 11 heavy (non-hydrogen) atoms. The number of hydrogen-bond acceptors (Lipinski definition) is 3. The highest BCUT2D eigenvalue weighted by Crippen LogP contribution is 2.12. The maximum absolute atomic E-state index is 11.1. The second kappa shape index (κ2) is 3.51. The standard InChI is InChI=1S/C6H13NO3S/c8-5-1-3-7-4-2-6-11(7,9)10/h8H,1-6H2. The summed E-state index contributed by atoms with van der Waals surface area (Å²) < 4.78 is 23.7. The number of hydrogen-bond donors (Lipinski definition) is 1. The van der Waals surface area contributed by atoms with E-state index < -0.39 is 10.0 Å². The van der Waals surface area contributed by atoms with Gasteiger partial charge in [0.2, 0.25) is 10.0 Å². The molecule has 0 radical (unpaired) electrons. The van der Waals surface area contributed by atoms with E-state index in [2.05, 4.69) is 0 Å². The molecule has 0 aromatic heterocycles. The second-order valence-electron chi connectivity index (χ2n) is 2.65. The van der Waals surface area contributed by atoms with Crippen LogP contribution in [0.25, 0.3) is 0 Å². The Kier molecular flexibility index (Phi) is 2.86. The summed E-state index contributed by atoms with van der Waals surface area (Å²) in [4.78, 5) is 0. The van der Waals surface area contributed by atoms with Crippen LogP contribution in [0, 0.1) is 0 Å². The number of aliphatic hydroxyl groups is 1. The minimum absolute atomic E-state index is 0.0615.